The summed E-state index contributed by atoms with van der Waals surface area (Å²) in [6.07, 6.45) is 0. The zero-order valence-electron chi connectivity index (χ0n) is 12.1. The van der Waals surface area contributed by atoms with Crippen molar-refractivity contribution in [2.24, 2.45) is 0 Å². The molecule has 0 amide bonds. The summed E-state index contributed by atoms with van der Waals surface area (Å²) in [5, 5.41) is 13.3. The minimum Gasteiger partial charge on any atom is -0.389 e. The Hall–Kier alpha value is -0.900. The Morgan fingerprint density at radius 1 is 1.22 bits per heavy atom. The lowest BCUT2D eigenvalue weighted by atomic mass is 9.99. The molecule has 0 saturated carbocycles. The molecule has 3 nitrogen and oxygen atoms in total. The van der Waals surface area contributed by atoms with E-state index in [1.807, 2.05) is 26.8 Å². The molecule has 0 aliphatic carbocycles. The quantitative estimate of drug-likeness (QED) is 0.811. The van der Waals surface area contributed by atoms with Gasteiger partial charge in [-0.3, -0.25) is 0 Å². The first kappa shape index (κ1) is 15.2. The van der Waals surface area contributed by atoms with Crippen molar-refractivity contribution in [1.29, 1.82) is 0 Å². The van der Waals surface area contributed by atoms with Crippen LogP contribution in [-0.4, -0.2) is 42.3 Å². The predicted molar refractivity (Wildman–Crippen MR) is 76.6 cm³/mol. The van der Waals surface area contributed by atoms with E-state index in [0.29, 0.717) is 6.04 Å². The molecule has 0 radical (unpaired) electrons. The average molecular weight is 250 g/mol. The second kappa shape index (κ2) is 6.32. The summed E-state index contributed by atoms with van der Waals surface area (Å²) >= 11 is 0. The maximum Gasteiger partial charge on any atom is 0.0741 e. The zero-order chi connectivity index (χ0) is 13.8. The lowest BCUT2D eigenvalue weighted by Crippen LogP contribution is -2.47. The number of hydrogen-bond acceptors (Lipinski definition) is 3. The molecule has 0 fully saturated rings. The van der Waals surface area contributed by atoms with E-state index >= 15 is 0 Å². The van der Waals surface area contributed by atoms with E-state index in [1.165, 1.54) is 5.56 Å². The van der Waals surface area contributed by atoms with Crippen LogP contribution in [0.4, 0.5) is 0 Å². The van der Waals surface area contributed by atoms with Crippen molar-refractivity contribution < 1.29 is 5.11 Å². The van der Waals surface area contributed by atoms with Crippen LogP contribution in [0.15, 0.2) is 30.3 Å². The van der Waals surface area contributed by atoms with Gasteiger partial charge in [0.2, 0.25) is 0 Å². The van der Waals surface area contributed by atoms with Crippen molar-refractivity contribution in [3.8, 4) is 0 Å². The highest BCUT2D eigenvalue weighted by Gasteiger charge is 2.23. The smallest absolute Gasteiger partial charge is 0.0741 e. The molecule has 0 saturated heterocycles. The third kappa shape index (κ3) is 4.41. The fourth-order valence-electron chi connectivity index (χ4n) is 1.81. The highest BCUT2D eigenvalue weighted by atomic mass is 16.3. The highest BCUT2D eigenvalue weighted by molar-refractivity contribution is 5.19. The SMILES string of the molecule is CC(NCC(c1ccccc1)N(C)C)C(C)(C)O. The monoisotopic (exact) mass is 250 g/mol. The molecule has 1 aromatic carbocycles. The highest BCUT2D eigenvalue weighted by Crippen LogP contribution is 2.18. The van der Waals surface area contributed by atoms with E-state index in [1.54, 1.807) is 0 Å². The number of likely N-dealkylation sites (N-methyl/N-ethyl adjacent to an activating group) is 1. The summed E-state index contributed by atoms with van der Waals surface area (Å²) in [5.74, 6) is 0. The van der Waals surface area contributed by atoms with Crippen molar-refractivity contribution in [2.45, 2.75) is 38.5 Å². The average Bonchev–Trinajstić information content (AvgIpc) is 2.28. The van der Waals surface area contributed by atoms with E-state index < -0.39 is 5.60 Å². The van der Waals surface area contributed by atoms with Crippen molar-refractivity contribution >= 4 is 0 Å². The molecule has 102 valence electrons. The van der Waals surface area contributed by atoms with Crippen LogP contribution in [0.3, 0.4) is 0 Å². The minimum atomic E-state index is -0.701. The van der Waals surface area contributed by atoms with Gasteiger partial charge in [0.15, 0.2) is 0 Å². The second-order valence-corrected chi connectivity index (χ2v) is 5.67. The van der Waals surface area contributed by atoms with Gasteiger partial charge in [0.05, 0.1) is 5.60 Å². The summed E-state index contributed by atoms with van der Waals surface area (Å²) in [5.41, 5.74) is 0.589. The molecule has 0 aliphatic heterocycles. The van der Waals surface area contributed by atoms with Gasteiger partial charge < -0.3 is 15.3 Å². The summed E-state index contributed by atoms with van der Waals surface area (Å²) in [6.45, 7) is 6.50. The van der Waals surface area contributed by atoms with E-state index in [2.05, 4.69) is 48.6 Å². The number of nitrogens with zero attached hydrogens (tertiary/aromatic N) is 1. The van der Waals surface area contributed by atoms with Crippen molar-refractivity contribution in [1.82, 2.24) is 10.2 Å². The Balaban J connectivity index is 2.66. The molecule has 0 aromatic heterocycles. The number of hydrogen-bond donors (Lipinski definition) is 2. The van der Waals surface area contributed by atoms with Crippen LogP contribution in [-0.2, 0) is 0 Å². The van der Waals surface area contributed by atoms with Gasteiger partial charge in [-0.15, -0.1) is 0 Å². The Kier molecular flexibility index (Phi) is 5.32. The molecule has 0 bridgehead atoms. The Morgan fingerprint density at radius 3 is 2.22 bits per heavy atom. The van der Waals surface area contributed by atoms with E-state index in [9.17, 15) is 5.11 Å². The Morgan fingerprint density at radius 2 is 1.78 bits per heavy atom. The number of nitrogens with one attached hydrogen (secondary N) is 1. The third-order valence-electron chi connectivity index (χ3n) is 3.48. The minimum absolute atomic E-state index is 0.0589. The molecule has 1 rings (SSSR count). The second-order valence-electron chi connectivity index (χ2n) is 5.67. The van der Waals surface area contributed by atoms with Crippen LogP contribution >= 0.6 is 0 Å². The molecule has 2 unspecified atom stereocenters. The molecular weight excluding hydrogens is 224 g/mol. The predicted octanol–water partition coefficient (Wildman–Crippen LogP) is 2.04. The molecule has 1 aromatic rings. The first-order chi connectivity index (χ1) is 8.32. The van der Waals surface area contributed by atoms with Gasteiger partial charge in [-0.2, -0.15) is 0 Å². The first-order valence-corrected chi connectivity index (χ1v) is 6.49. The van der Waals surface area contributed by atoms with Gasteiger partial charge >= 0.3 is 0 Å². The first-order valence-electron chi connectivity index (χ1n) is 6.49. The van der Waals surface area contributed by atoms with Gasteiger partial charge in [0, 0.05) is 18.6 Å². The van der Waals surface area contributed by atoms with Crippen LogP contribution < -0.4 is 5.32 Å². The molecule has 2 atom stereocenters. The van der Waals surface area contributed by atoms with Crippen molar-refractivity contribution in [2.75, 3.05) is 20.6 Å². The van der Waals surface area contributed by atoms with Crippen LogP contribution in [0, 0.1) is 0 Å². The van der Waals surface area contributed by atoms with E-state index in [4.69, 9.17) is 0 Å². The lowest BCUT2D eigenvalue weighted by molar-refractivity contribution is 0.0419. The van der Waals surface area contributed by atoms with Gasteiger partial charge in [0.1, 0.15) is 0 Å². The number of aliphatic hydroxyl groups is 1. The van der Waals surface area contributed by atoms with Gasteiger partial charge in [-0.25, -0.2) is 0 Å². The standard InChI is InChI=1S/C15H26N2O/c1-12(15(2,3)18)16-11-14(17(4)5)13-9-7-6-8-10-13/h6-10,12,14,16,18H,11H2,1-5H3. The molecule has 0 heterocycles. The maximum atomic E-state index is 9.93. The summed E-state index contributed by atoms with van der Waals surface area (Å²) < 4.78 is 0. The third-order valence-corrected chi connectivity index (χ3v) is 3.48. The maximum absolute atomic E-state index is 9.93. The summed E-state index contributed by atoms with van der Waals surface area (Å²) in [6, 6.07) is 10.8. The summed E-state index contributed by atoms with van der Waals surface area (Å²) in [4.78, 5) is 2.19. The molecule has 18 heavy (non-hydrogen) atoms. The summed E-state index contributed by atoms with van der Waals surface area (Å²) in [7, 11) is 4.15. The van der Waals surface area contributed by atoms with E-state index in [0.717, 1.165) is 6.54 Å². The van der Waals surface area contributed by atoms with Crippen LogP contribution in [0.1, 0.15) is 32.4 Å². The molecular formula is C15H26N2O. The topological polar surface area (TPSA) is 35.5 Å². The Labute approximate surface area is 111 Å². The number of rotatable bonds is 6. The van der Waals surface area contributed by atoms with E-state index in [-0.39, 0.29) is 6.04 Å². The fourth-order valence-corrected chi connectivity index (χ4v) is 1.81. The molecule has 3 heteroatoms. The fraction of sp³-hybridized carbons (Fsp3) is 0.600. The van der Waals surface area contributed by atoms with Crippen molar-refractivity contribution in [3.63, 3.8) is 0 Å². The van der Waals surface area contributed by atoms with Crippen LogP contribution in [0.2, 0.25) is 0 Å². The van der Waals surface area contributed by atoms with Crippen molar-refractivity contribution in [3.05, 3.63) is 35.9 Å². The normalized spacial score (nSPS) is 15.7. The van der Waals surface area contributed by atoms with Crippen LogP contribution in [0.5, 0.6) is 0 Å². The molecule has 2 N–H and O–H groups in total. The number of benzene rings is 1. The Bertz CT molecular complexity index is 343. The zero-order valence-corrected chi connectivity index (χ0v) is 12.1. The van der Waals surface area contributed by atoms with Gasteiger partial charge in [0.25, 0.3) is 0 Å². The van der Waals surface area contributed by atoms with Gasteiger partial charge in [-0.1, -0.05) is 30.3 Å². The van der Waals surface area contributed by atoms with Gasteiger partial charge in [-0.05, 0) is 40.4 Å². The molecule has 0 aliphatic rings. The molecule has 0 spiro atoms. The van der Waals surface area contributed by atoms with Crippen LogP contribution in [0.25, 0.3) is 0 Å². The lowest BCUT2D eigenvalue weighted by Gasteiger charge is -2.31. The largest absolute Gasteiger partial charge is 0.389 e.